The molecule has 0 heterocycles. The van der Waals surface area contributed by atoms with Crippen molar-refractivity contribution < 1.29 is 63.6 Å². The predicted octanol–water partition coefficient (Wildman–Crippen LogP) is 6.49. The molecule has 6 rings (SSSR count). The zero-order valence-corrected chi connectivity index (χ0v) is 49.3. The van der Waals surface area contributed by atoms with Crippen molar-refractivity contribution in [2.24, 2.45) is 0 Å². The predicted molar refractivity (Wildman–Crippen MR) is 301 cm³/mol. The van der Waals surface area contributed by atoms with Crippen molar-refractivity contribution in [3.8, 4) is 11.5 Å². The molecule has 4 atom stereocenters. The summed E-state index contributed by atoms with van der Waals surface area (Å²) in [5.74, 6) is -1.91. The minimum Gasteiger partial charge on any atom is -0.481 e. The Hall–Kier alpha value is -4.38. The van der Waals surface area contributed by atoms with Gasteiger partial charge in [0.1, 0.15) is 12.2 Å². The summed E-state index contributed by atoms with van der Waals surface area (Å²) in [7, 11) is -0.593. The number of unbranched alkanes of at least 4 members (excludes halogenated alkanes) is 1. The van der Waals surface area contributed by atoms with E-state index in [4.69, 9.17) is 74.8 Å². The molecule has 0 spiro atoms. The second-order valence-electron chi connectivity index (χ2n) is 19.0. The molecule has 80 heavy (non-hydrogen) atoms. The molecule has 0 saturated carbocycles. The average molecular weight is 1240 g/mol. The first kappa shape index (κ1) is 64.8. The summed E-state index contributed by atoms with van der Waals surface area (Å²) in [4.78, 5) is 27.5. The number of urea groups is 2. The van der Waals surface area contributed by atoms with E-state index in [1.807, 2.05) is 38.0 Å². The molecule has 2 aliphatic carbocycles. The molecule has 20 nitrogen and oxygen atoms in total. The van der Waals surface area contributed by atoms with Crippen LogP contribution in [0.25, 0.3) is 0 Å². The zero-order chi connectivity index (χ0) is 58.0. The maximum Gasteiger partial charge on any atom is 0.314 e. The maximum absolute atomic E-state index is 15.3. The Kier molecular flexibility index (Phi) is 25.4. The molecule has 4 aromatic carbocycles. The van der Waals surface area contributed by atoms with E-state index in [1.165, 1.54) is 24.3 Å². The number of carbonyl (C=O) groups excluding carboxylic acids is 2. The molecular formula is C52H68Cl4F2N8O12S2. The summed E-state index contributed by atoms with van der Waals surface area (Å²) in [5.41, 5.74) is 3.22. The normalized spacial score (nSPS) is 16.9. The number of ether oxygens (including phenoxy) is 6. The monoisotopic (exact) mass is 1240 g/mol. The van der Waals surface area contributed by atoms with Crippen LogP contribution in [0.1, 0.15) is 47.3 Å². The number of nitrogens with one attached hydrogen (secondary N) is 6. The molecule has 28 heteroatoms. The number of benzene rings is 4. The van der Waals surface area contributed by atoms with Crippen LogP contribution < -0.4 is 40.2 Å². The molecule has 4 aromatic rings. The summed E-state index contributed by atoms with van der Waals surface area (Å²) >= 11 is 25.4. The van der Waals surface area contributed by atoms with Crippen LogP contribution in [-0.2, 0) is 51.8 Å². The number of carbonyl (C=O) groups is 2. The van der Waals surface area contributed by atoms with Gasteiger partial charge >= 0.3 is 12.1 Å². The molecule has 0 fully saturated rings. The first-order valence-electron chi connectivity index (χ1n) is 25.7. The number of hydrogen-bond acceptors (Lipinski definition) is 14. The summed E-state index contributed by atoms with van der Waals surface area (Å²) in [6.45, 7) is 2.35. The number of rotatable bonds is 33. The van der Waals surface area contributed by atoms with Crippen molar-refractivity contribution in [1.82, 2.24) is 40.5 Å². The SMILES string of the molecule is CN(C)[C@H]1Cc2c(Cl)cc(Cl)cc2[C@@H]1Oc1ccc(S(=O)(=O)NCCOCCOCCNC(=O)NCCCCNC(=O)NCCOCCOCCNS(=O)(=O)c2ccc(O[C@H]3c4cc(Cl)cc(Cl)c4C[C@@H]3N(C)C)c(F)c2)cc1F. The Morgan fingerprint density at radius 3 is 1.21 bits per heavy atom. The maximum atomic E-state index is 15.3. The number of amides is 4. The van der Waals surface area contributed by atoms with Crippen LogP contribution in [0.5, 0.6) is 11.5 Å². The highest BCUT2D eigenvalue weighted by atomic mass is 35.5. The summed E-state index contributed by atoms with van der Waals surface area (Å²) in [6.07, 6.45) is 1.20. The van der Waals surface area contributed by atoms with Gasteiger partial charge in [0, 0.05) is 70.5 Å². The van der Waals surface area contributed by atoms with Crippen molar-refractivity contribution in [1.29, 1.82) is 0 Å². The Balaban J connectivity index is 0.708. The third-order valence-electron chi connectivity index (χ3n) is 12.8. The second-order valence-corrected chi connectivity index (χ2v) is 24.2. The highest BCUT2D eigenvalue weighted by molar-refractivity contribution is 7.89. The van der Waals surface area contributed by atoms with Gasteiger partial charge in [-0.1, -0.05) is 46.4 Å². The van der Waals surface area contributed by atoms with E-state index < -0.39 is 43.9 Å². The van der Waals surface area contributed by atoms with Crippen LogP contribution >= 0.6 is 46.4 Å². The Bertz CT molecular complexity index is 2760. The van der Waals surface area contributed by atoms with E-state index in [-0.39, 0.29) is 124 Å². The Labute approximate surface area is 486 Å². The van der Waals surface area contributed by atoms with Crippen molar-refractivity contribution in [2.75, 3.05) is 120 Å². The lowest BCUT2D eigenvalue weighted by Crippen LogP contribution is -2.39. The van der Waals surface area contributed by atoms with Crippen molar-refractivity contribution in [3.05, 3.63) is 115 Å². The highest BCUT2D eigenvalue weighted by Crippen LogP contribution is 2.44. The van der Waals surface area contributed by atoms with Gasteiger partial charge in [0.2, 0.25) is 20.0 Å². The molecule has 0 radical (unpaired) electrons. The first-order valence-corrected chi connectivity index (χ1v) is 30.2. The highest BCUT2D eigenvalue weighted by Gasteiger charge is 2.39. The molecular weight excluding hydrogens is 1170 g/mol. The molecule has 0 bridgehead atoms. The van der Waals surface area contributed by atoms with Gasteiger partial charge in [-0.25, -0.2) is 44.6 Å². The topological polar surface area (TPSA) is 236 Å². The summed E-state index contributed by atoms with van der Waals surface area (Å²) in [5, 5.41) is 12.6. The molecule has 2 aliphatic rings. The van der Waals surface area contributed by atoms with Crippen LogP contribution in [0.15, 0.2) is 70.5 Å². The smallest absolute Gasteiger partial charge is 0.314 e. The average Bonchev–Trinajstić information content (AvgIpc) is 3.96. The second kappa shape index (κ2) is 31.3. The van der Waals surface area contributed by atoms with E-state index in [9.17, 15) is 26.4 Å². The van der Waals surface area contributed by atoms with Crippen molar-refractivity contribution in [2.45, 2.75) is 59.8 Å². The van der Waals surface area contributed by atoms with Gasteiger partial charge in [0.15, 0.2) is 23.1 Å². The van der Waals surface area contributed by atoms with Gasteiger partial charge in [0.25, 0.3) is 0 Å². The van der Waals surface area contributed by atoms with Gasteiger partial charge in [-0.2, -0.15) is 0 Å². The summed E-state index contributed by atoms with van der Waals surface area (Å²) < 4.78 is 121. The number of hydrogen-bond donors (Lipinski definition) is 6. The lowest BCUT2D eigenvalue weighted by Gasteiger charge is -2.27. The van der Waals surface area contributed by atoms with E-state index in [0.29, 0.717) is 58.9 Å². The standard InChI is InChI=1S/C52H68Cl4F2N8O12S2/c1-65(2)45-31-37-39(25-33(53)27-41(37)55)49(45)77-47-9-7-35(29-43(47)57)79(69,70)63-15-19-75-23-21-73-17-13-61-51(67)59-11-5-6-12-60-52(68)62-14-18-74-22-24-76-20-16-64-80(71,72)36-8-10-48(44(58)30-36)78-50-40-26-34(54)28-42(56)38(40)32-46(50)66(3)4/h7-10,25-30,45-46,49-50,63-64H,5-6,11-24,31-32H2,1-4H3,(H2,59,61,67)(H2,60,62,68)/t45-,46-,49-,50-/m0/s1. The first-order chi connectivity index (χ1) is 38.1. The minimum absolute atomic E-state index is 0.0341. The lowest BCUT2D eigenvalue weighted by atomic mass is 10.1. The number of fused-ring (bicyclic) bond motifs is 2. The summed E-state index contributed by atoms with van der Waals surface area (Å²) in [6, 6.07) is 12.6. The zero-order valence-electron chi connectivity index (χ0n) is 44.7. The fourth-order valence-corrected chi connectivity index (χ4v) is 12.0. The van der Waals surface area contributed by atoms with E-state index in [2.05, 4.69) is 30.7 Å². The number of halogens is 6. The van der Waals surface area contributed by atoms with Crippen LogP contribution in [0, 0.1) is 11.6 Å². The molecule has 4 amide bonds. The Morgan fingerprint density at radius 2 is 0.863 bits per heavy atom. The third kappa shape index (κ3) is 19.1. The van der Waals surface area contributed by atoms with E-state index in [1.54, 1.807) is 24.3 Å². The minimum atomic E-state index is -4.06. The molecule has 0 unspecified atom stereocenters. The van der Waals surface area contributed by atoms with Crippen molar-refractivity contribution in [3.63, 3.8) is 0 Å². The molecule has 0 aliphatic heterocycles. The van der Waals surface area contributed by atoms with Crippen LogP contribution in [0.2, 0.25) is 20.1 Å². The quantitative estimate of drug-likeness (QED) is 0.0280. The molecule has 442 valence electrons. The van der Waals surface area contributed by atoms with Gasteiger partial charge in [-0.15, -0.1) is 0 Å². The van der Waals surface area contributed by atoms with E-state index >= 15 is 8.78 Å². The fraction of sp³-hybridized carbons (Fsp3) is 0.500. The van der Waals surface area contributed by atoms with Gasteiger partial charge in [-0.05, 0) is 126 Å². The van der Waals surface area contributed by atoms with Gasteiger partial charge < -0.3 is 59.5 Å². The van der Waals surface area contributed by atoms with Crippen LogP contribution in [0.3, 0.4) is 0 Å². The Morgan fingerprint density at radius 1 is 0.512 bits per heavy atom. The van der Waals surface area contributed by atoms with Crippen molar-refractivity contribution >= 4 is 78.5 Å². The number of sulfonamides is 2. The molecule has 0 saturated heterocycles. The number of likely N-dealkylation sites (N-methyl/N-ethyl adjacent to an activating group) is 2. The van der Waals surface area contributed by atoms with Crippen LogP contribution in [0.4, 0.5) is 18.4 Å². The molecule has 6 N–H and O–H groups in total. The van der Waals surface area contributed by atoms with Gasteiger partial charge in [-0.3, -0.25) is 0 Å². The van der Waals surface area contributed by atoms with E-state index in [0.717, 1.165) is 34.4 Å². The molecule has 0 aromatic heterocycles. The fourth-order valence-electron chi connectivity index (χ4n) is 8.74. The lowest BCUT2D eigenvalue weighted by molar-refractivity contribution is 0.0516. The third-order valence-corrected chi connectivity index (χ3v) is 16.9. The van der Waals surface area contributed by atoms with Gasteiger partial charge in [0.05, 0.1) is 74.7 Å². The van der Waals surface area contributed by atoms with Crippen LogP contribution in [-0.4, -0.2) is 171 Å². The largest absolute Gasteiger partial charge is 0.481 e. The number of nitrogens with zero attached hydrogens (tertiary/aromatic N) is 2.